The minimum absolute atomic E-state index is 0.00449. The van der Waals surface area contributed by atoms with Crippen LogP contribution in [0.3, 0.4) is 0 Å². The van der Waals surface area contributed by atoms with Gasteiger partial charge in [-0.15, -0.1) is 0 Å². The molecule has 0 aromatic heterocycles. The van der Waals surface area contributed by atoms with Crippen LogP contribution in [0.2, 0.25) is 0 Å². The number of benzene rings is 3. The van der Waals surface area contributed by atoms with Crippen LogP contribution in [0.1, 0.15) is 103 Å². The Bertz CT molecular complexity index is 1890. The predicted octanol–water partition coefficient (Wildman–Crippen LogP) is 5.33. The summed E-state index contributed by atoms with van der Waals surface area (Å²) in [6.07, 6.45) is 3.67. The molecule has 3 heterocycles. The highest BCUT2D eigenvalue weighted by Crippen LogP contribution is 2.40. The zero-order chi connectivity index (χ0) is 35.9. The molecule has 51 heavy (non-hydrogen) atoms. The van der Waals surface area contributed by atoms with E-state index in [0.29, 0.717) is 28.0 Å². The number of carbonyl (C=O) groups is 3. The molecule has 1 saturated carbocycles. The van der Waals surface area contributed by atoms with E-state index in [0.717, 1.165) is 68.7 Å². The first kappa shape index (κ1) is 34.6. The summed E-state index contributed by atoms with van der Waals surface area (Å²) >= 11 is 0. The second-order valence-corrected chi connectivity index (χ2v) is 14.7. The van der Waals surface area contributed by atoms with Gasteiger partial charge in [0.05, 0.1) is 23.8 Å². The quantitative estimate of drug-likeness (QED) is 0.304. The third-order valence-electron chi connectivity index (χ3n) is 11.4. The lowest BCUT2D eigenvalue weighted by atomic mass is 9.76. The molecule has 10 nitrogen and oxygen atoms in total. The number of halogens is 1. The standard InChI is InChI=1S/C40H44FN5O5/c1-25(44-16-18-45(19-17-44)30-9-8-28(22-42)32(21-30)26-12-14-40(2,50)15-13-26)27-6-7-29(34(41)20-27)24-51-36-5-3-4-31-33(36)23-46(39(31)49)35-10-11-37(47)43-38(35)48/h3-9,20-21,25-26,35,50H,10-19,23-24H2,1-2H3,(H,43,47,48)/t25?,26?,35-,40?/m0/s1. The van der Waals surface area contributed by atoms with Crippen molar-refractivity contribution < 1.29 is 28.6 Å². The van der Waals surface area contributed by atoms with E-state index < -0.39 is 17.6 Å². The highest BCUT2D eigenvalue weighted by atomic mass is 19.1. The van der Waals surface area contributed by atoms with Crippen molar-refractivity contribution in [3.63, 3.8) is 0 Å². The summed E-state index contributed by atoms with van der Waals surface area (Å²) < 4.78 is 21.6. The summed E-state index contributed by atoms with van der Waals surface area (Å²) in [6, 6.07) is 18.2. The van der Waals surface area contributed by atoms with E-state index in [4.69, 9.17) is 4.74 Å². The van der Waals surface area contributed by atoms with Gasteiger partial charge in [-0.3, -0.25) is 24.6 Å². The van der Waals surface area contributed by atoms with Gasteiger partial charge in [0.25, 0.3) is 5.91 Å². The lowest BCUT2D eigenvalue weighted by molar-refractivity contribution is -0.136. The van der Waals surface area contributed by atoms with Crippen LogP contribution >= 0.6 is 0 Å². The van der Waals surface area contributed by atoms with Crippen LogP contribution in [-0.2, 0) is 22.7 Å². The molecule has 3 aliphatic heterocycles. The molecule has 11 heteroatoms. The maximum atomic E-state index is 15.5. The molecule has 2 saturated heterocycles. The van der Waals surface area contributed by atoms with Crippen LogP contribution < -0.4 is 15.0 Å². The topological polar surface area (TPSA) is 126 Å². The molecule has 0 bridgehead atoms. The third kappa shape index (κ3) is 7.08. The molecule has 2 atom stereocenters. The summed E-state index contributed by atoms with van der Waals surface area (Å²) in [6.45, 7) is 7.40. The molecular weight excluding hydrogens is 649 g/mol. The summed E-state index contributed by atoms with van der Waals surface area (Å²) in [5, 5.41) is 22.5. The first-order valence-electron chi connectivity index (χ1n) is 17.9. The Morgan fingerprint density at radius 1 is 1.04 bits per heavy atom. The SMILES string of the molecule is CC(c1ccc(COc2cccc3c2CN([C@H]2CCC(=O)NC2=O)C3=O)c(F)c1)N1CCN(c2ccc(C#N)c(C3CCC(C)(O)CC3)c2)CC1. The van der Waals surface area contributed by atoms with Crippen molar-refractivity contribution in [3.05, 3.63) is 93.8 Å². The third-order valence-corrected chi connectivity index (χ3v) is 11.4. The molecule has 4 aliphatic rings. The molecule has 3 fully saturated rings. The minimum atomic E-state index is -0.721. The van der Waals surface area contributed by atoms with Crippen LogP contribution in [0.5, 0.6) is 5.75 Å². The minimum Gasteiger partial charge on any atom is -0.488 e. The Kier molecular flexibility index (Phi) is 9.57. The van der Waals surface area contributed by atoms with Gasteiger partial charge in [-0.1, -0.05) is 18.2 Å². The summed E-state index contributed by atoms with van der Waals surface area (Å²) in [5.41, 5.74) is 4.66. The average Bonchev–Trinajstić information content (AvgIpc) is 3.46. The smallest absolute Gasteiger partial charge is 0.255 e. The van der Waals surface area contributed by atoms with Crippen molar-refractivity contribution in [1.82, 2.24) is 15.1 Å². The van der Waals surface area contributed by atoms with E-state index in [1.807, 2.05) is 25.1 Å². The van der Waals surface area contributed by atoms with Crippen molar-refractivity contribution in [1.29, 1.82) is 5.26 Å². The molecular formula is C40H44FN5O5. The van der Waals surface area contributed by atoms with E-state index in [-0.39, 0.29) is 55.6 Å². The van der Waals surface area contributed by atoms with Crippen LogP contribution in [0, 0.1) is 17.1 Å². The highest BCUT2D eigenvalue weighted by Gasteiger charge is 2.40. The van der Waals surface area contributed by atoms with Crippen molar-refractivity contribution in [2.24, 2.45) is 0 Å². The number of aliphatic hydroxyl groups is 1. The number of ether oxygens (including phenoxy) is 1. The maximum absolute atomic E-state index is 15.5. The number of piperazine rings is 1. The fraction of sp³-hybridized carbons (Fsp3) is 0.450. The molecule has 3 amide bonds. The van der Waals surface area contributed by atoms with E-state index in [1.165, 1.54) is 4.90 Å². The number of nitrogens with one attached hydrogen (secondary N) is 1. The number of imide groups is 1. The Morgan fingerprint density at radius 2 is 1.80 bits per heavy atom. The Hall–Kier alpha value is -4.79. The Labute approximate surface area is 297 Å². The van der Waals surface area contributed by atoms with E-state index in [2.05, 4.69) is 34.2 Å². The van der Waals surface area contributed by atoms with Gasteiger partial charge in [-0.25, -0.2) is 4.39 Å². The van der Waals surface area contributed by atoms with E-state index >= 15 is 4.39 Å². The normalized spacial score (nSPS) is 24.6. The van der Waals surface area contributed by atoms with Gasteiger partial charge in [-0.2, -0.15) is 5.26 Å². The number of amides is 3. The first-order chi connectivity index (χ1) is 24.5. The summed E-state index contributed by atoms with van der Waals surface area (Å²) in [7, 11) is 0. The van der Waals surface area contributed by atoms with Gasteiger partial charge in [0.15, 0.2) is 0 Å². The summed E-state index contributed by atoms with van der Waals surface area (Å²) in [4.78, 5) is 43.4. The fourth-order valence-electron chi connectivity index (χ4n) is 8.10. The maximum Gasteiger partial charge on any atom is 0.255 e. The molecule has 0 spiro atoms. The van der Waals surface area contributed by atoms with Crippen molar-refractivity contribution in [2.75, 3.05) is 31.1 Å². The van der Waals surface area contributed by atoms with Gasteiger partial charge < -0.3 is 19.6 Å². The second-order valence-electron chi connectivity index (χ2n) is 14.7. The molecule has 0 radical (unpaired) electrons. The molecule has 2 N–H and O–H groups in total. The lowest BCUT2D eigenvalue weighted by Crippen LogP contribution is -2.52. The number of rotatable bonds is 8. The number of piperidine rings is 1. The van der Waals surface area contributed by atoms with Crippen molar-refractivity contribution >= 4 is 23.4 Å². The van der Waals surface area contributed by atoms with Crippen LogP contribution in [0.4, 0.5) is 10.1 Å². The molecule has 266 valence electrons. The number of hydrogen-bond acceptors (Lipinski definition) is 8. The largest absolute Gasteiger partial charge is 0.488 e. The molecule has 1 unspecified atom stereocenters. The van der Waals surface area contributed by atoms with Crippen molar-refractivity contribution in [2.45, 2.75) is 89.1 Å². The van der Waals surface area contributed by atoms with Crippen LogP contribution in [0.25, 0.3) is 0 Å². The van der Waals surface area contributed by atoms with Crippen molar-refractivity contribution in [3.8, 4) is 11.8 Å². The Morgan fingerprint density at radius 3 is 2.51 bits per heavy atom. The summed E-state index contributed by atoms with van der Waals surface area (Å²) in [5.74, 6) is -0.714. The highest BCUT2D eigenvalue weighted by molar-refractivity contribution is 6.05. The average molecular weight is 694 g/mol. The fourth-order valence-corrected chi connectivity index (χ4v) is 8.10. The van der Waals surface area contributed by atoms with Crippen LogP contribution in [0.15, 0.2) is 54.6 Å². The van der Waals surface area contributed by atoms with Gasteiger partial charge in [-0.05, 0) is 99.4 Å². The zero-order valence-electron chi connectivity index (χ0n) is 29.2. The van der Waals surface area contributed by atoms with Gasteiger partial charge in [0.1, 0.15) is 24.2 Å². The number of carbonyl (C=O) groups excluding carboxylic acids is 3. The molecule has 3 aromatic carbocycles. The number of hydrogen-bond donors (Lipinski definition) is 2. The van der Waals surface area contributed by atoms with Gasteiger partial charge >= 0.3 is 0 Å². The van der Waals surface area contributed by atoms with Gasteiger partial charge in [0.2, 0.25) is 11.8 Å². The number of anilines is 1. The first-order valence-corrected chi connectivity index (χ1v) is 17.9. The number of nitriles is 1. The Balaban J connectivity index is 0.959. The van der Waals surface area contributed by atoms with Gasteiger partial charge in [0, 0.05) is 61.0 Å². The van der Waals surface area contributed by atoms with E-state index in [9.17, 15) is 24.8 Å². The molecule has 3 aromatic rings. The second kappa shape index (κ2) is 14.1. The number of nitrogens with zero attached hydrogens (tertiary/aromatic N) is 4. The molecule has 1 aliphatic carbocycles. The number of fused-ring (bicyclic) bond motifs is 1. The van der Waals surface area contributed by atoms with E-state index in [1.54, 1.807) is 30.3 Å². The molecule has 7 rings (SSSR count). The zero-order valence-corrected chi connectivity index (χ0v) is 29.2. The monoisotopic (exact) mass is 693 g/mol. The predicted molar refractivity (Wildman–Crippen MR) is 188 cm³/mol. The lowest BCUT2D eigenvalue weighted by Gasteiger charge is -2.40. The van der Waals surface area contributed by atoms with Crippen LogP contribution in [-0.4, -0.2) is 70.4 Å².